The maximum absolute atomic E-state index is 12.2. The van der Waals surface area contributed by atoms with Crippen LogP contribution in [0.2, 0.25) is 0 Å². The Bertz CT molecular complexity index is 534. The van der Waals surface area contributed by atoms with E-state index in [0.717, 1.165) is 35.3 Å². The van der Waals surface area contributed by atoms with Crippen LogP contribution >= 0.6 is 39.7 Å². The highest BCUT2D eigenvalue weighted by molar-refractivity contribution is 9.11. The van der Waals surface area contributed by atoms with Crippen molar-refractivity contribution in [2.45, 2.75) is 30.9 Å². The van der Waals surface area contributed by atoms with Crippen molar-refractivity contribution < 1.29 is 8.42 Å². The van der Waals surface area contributed by atoms with Gasteiger partial charge < -0.3 is 5.32 Å². The predicted molar refractivity (Wildman–Crippen MR) is 89.4 cm³/mol. The number of hydrogen-bond acceptors (Lipinski definition) is 4. The number of rotatable bonds is 4. The summed E-state index contributed by atoms with van der Waals surface area (Å²) in [5.74, 6) is 0. The minimum Gasteiger partial charge on any atom is -0.316 e. The van der Waals surface area contributed by atoms with Gasteiger partial charge in [-0.05, 0) is 59.3 Å². The number of aryl methyl sites for hydroxylation is 1. The molecule has 8 heteroatoms. The van der Waals surface area contributed by atoms with Gasteiger partial charge in [0.25, 0.3) is 0 Å². The first-order valence-electron chi connectivity index (χ1n) is 6.29. The zero-order chi connectivity index (χ0) is 14.1. The van der Waals surface area contributed by atoms with Gasteiger partial charge >= 0.3 is 0 Å². The first-order chi connectivity index (χ1) is 8.82. The predicted octanol–water partition coefficient (Wildman–Crippen LogP) is 2.91. The van der Waals surface area contributed by atoms with Crippen LogP contribution in [-0.2, 0) is 10.0 Å². The third-order valence-electron chi connectivity index (χ3n) is 3.47. The second-order valence-corrected chi connectivity index (χ2v) is 9.80. The molecular weight excluding hydrogens is 384 g/mol. The van der Waals surface area contributed by atoms with E-state index in [1.807, 2.05) is 6.92 Å². The largest absolute Gasteiger partial charge is 0.316 e. The van der Waals surface area contributed by atoms with Gasteiger partial charge in [-0.1, -0.05) is 6.92 Å². The molecule has 1 aliphatic heterocycles. The maximum atomic E-state index is 12.2. The molecule has 1 aliphatic rings. The second-order valence-electron chi connectivity index (χ2n) is 5.44. The topological polar surface area (TPSA) is 58.2 Å². The molecule has 20 heavy (non-hydrogen) atoms. The Morgan fingerprint density at radius 2 is 2.25 bits per heavy atom. The molecule has 0 aliphatic carbocycles. The minimum absolute atomic E-state index is 0. The lowest BCUT2D eigenvalue weighted by molar-refractivity contribution is 0.238. The van der Waals surface area contributed by atoms with Gasteiger partial charge in [0.1, 0.15) is 4.21 Å². The molecule has 1 aromatic heterocycles. The van der Waals surface area contributed by atoms with Crippen molar-refractivity contribution in [1.29, 1.82) is 0 Å². The molecule has 1 unspecified atom stereocenters. The van der Waals surface area contributed by atoms with Gasteiger partial charge in [-0.15, -0.1) is 23.7 Å². The van der Waals surface area contributed by atoms with Gasteiger partial charge in [0.15, 0.2) is 0 Å². The summed E-state index contributed by atoms with van der Waals surface area (Å²) in [6, 6.07) is 1.71. The number of halogens is 2. The Morgan fingerprint density at radius 1 is 1.55 bits per heavy atom. The summed E-state index contributed by atoms with van der Waals surface area (Å²) in [5, 5.41) is 3.32. The van der Waals surface area contributed by atoms with Gasteiger partial charge in [0, 0.05) is 13.1 Å². The molecule has 0 bridgehead atoms. The highest BCUT2D eigenvalue weighted by atomic mass is 79.9. The van der Waals surface area contributed by atoms with Gasteiger partial charge in [0.2, 0.25) is 10.0 Å². The van der Waals surface area contributed by atoms with Crippen LogP contribution in [0.1, 0.15) is 25.3 Å². The van der Waals surface area contributed by atoms with Crippen molar-refractivity contribution in [2.24, 2.45) is 5.41 Å². The monoisotopic (exact) mass is 402 g/mol. The van der Waals surface area contributed by atoms with Crippen molar-refractivity contribution >= 4 is 49.7 Å². The van der Waals surface area contributed by atoms with Crippen molar-refractivity contribution in [3.05, 3.63) is 15.4 Å². The Kier molecular flexibility index (Phi) is 6.50. The lowest BCUT2D eigenvalue weighted by Gasteiger charge is -2.34. The molecule has 116 valence electrons. The molecule has 0 radical (unpaired) electrons. The quantitative estimate of drug-likeness (QED) is 0.812. The molecule has 1 aromatic rings. The van der Waals surface area contributed by atoms with E-state index in [4.69, 9.17) is 0 Å². The first kappa shape index (κ1) is 18.4. The number of sulfonamides is 1. The maximum Gasteiger partial charge on any atom is 0.250 e. The van der Waals surface area contributed by atoms with E-state index in [1.54, 1.807) is 6.07 Å². The fraction of sp³-hybridized carbons (Fsp3) is 0.667. The lowest BCUT2D eigenvalue weighted by atomic mass is 9.83. The van der Waals surface area contributed by atoms with E-state index >= 15 is 0 Å². The average Bonchev–Trinajstić information content (AvgIpc) is 2.69. The van der Waals surface area contributed by atoms with E-state index in [1.165, 1.54) is 11.3 Å². The van der Waals surface area contributed by atoms with Crippen LogP contribution in [0.25, 0.3) is 0 Å². The minimum atomic E-state index is -3.39. The second kappa shape index (κ2) is 7.07. The van der Waals surface area contributed by atoms with E-state index in [0.29, 0.717) is 10.8 Å². The molecule has 0 spiro atoms. The van der Waals surface area contributed by atoms with Crippen molar-refractivity contribution in [1.82, 2.24) is 10.0 Å². The third-order valence-corrected chi connectivity index (χ3v) is 7.49. The van der Waals surface area contributed by atoms with Gasteiger partial charge in [-0.3, -0.25) is 0 Å². The molecule has 0 amide bonds. The van der Waals surface area contributed by atoms with Crippen LogP contribution in [0.5, 0.6) is 0 Å². The van der Waals surface area contributed by atoms with Gasteiger partial charge in [-0.2, -0.15) is 0 Å². The van der Waals surface area contributed by atoms with Crippen molar-refractivity contribution in [3.63, 3.8) is 0 Å². The van der Waals surface area contributed by atoms with Crippen LogP contribution in [0.3, 0.4) is 0 Å². The number of hydrogen-bond donors (Lipinski definition) is 2. The molecule has 1 saturated heterocycles. The molecule has 1 fully saturated rings. The fourth-order valence-electron chi connectivity index (χ4n) is 2.17. The fourth-order valence-corrected chi connectivity index (χ4v) is 5.64. The summed E-state index contributed by atoms with van der Waals surface area (Å²) in [6.07, 6.45) is 2.15. The van der Waals surface area contributed by atoms with E-state index in [2.05, 4.69) is 32.9 Å². The number of piperidine rings is 1. The summed E-state index contributed by atoms with van der Waals surface area (Å²) in [6.45, 7) is 6.39. The van der Waals surface area contributed by atoms with Crippen LogP contribution in [0, 0.1) is 12.3 Å². The molecule has 0 aromatic carbocycles. The molecule has 4 nitrogen and oxygen atoms in total. The van der Waals surface area contributed by atoms with E-state index in [9.17, 15) is 8.42 Å². The third kappa shape index (κ3) is 4.42. The molecular formula is C12H20BrClN2O2S2. The smallest absolute Gasteiger partial charge is 0.250 e. The summed E-state index contributed by atoms with van der Waals surface area (Å²) in [4.78, 5) is 0. The molecule has 2 rings (SSSR count). The summed E-state index contributed by atoms with van der Waals surface area (Å²) >= 11 is 4.62. The standard InChI is InChI=1S/C12H19BrN2O2S2.ClH/c1-9-6-10(18-11(9)13)19(16,17)15-8-12(2)4-3-5-14-7-12;/h6,14-15H,3-5,7-8H2,1-2H3;1H. The Hall–Kier alpha value is 0.340. The van der Waals surface area contributed by atoms with Crippen LogP contribution < -0.4 is 10.0 Å². The molecule has 2 heterocycles. The lowest BCUT2D eigenvalue weighted by Crippen LogP contribution is -2.45. The number of thiophene rings is 1. The van der Waals surface area contributed by atoms with E-state index < -0.39 is 10.0 Å². The summed E-state index contributed by atoms with van der Waals surface area (Å²) < 4.78 is 28.5. The van der Waals surface area contributed by atoms with E-state index in [-0.39, 0.29) is 17.8 Å². The van der Waals surface area contributed by atoms with Gasteiger partial charge in [0.05, 0.1) is 3.79 Å². The summed E-state index contributed by atoms with van der Waals surface area (Å²) in [7, 11) is -3.39. The highest BCUT2D eigenvalue weighted by Crippen LogP contribution is 2.31. The van der Waals surface area contributed by atoms with Crippen LogP contribution in [0.15, 0.2) is 14.1 Å². The Balaban J connectivity index is 0.00000200. The van der Waals surface area contributed by atoms with Crippen molar-refractivity contribution in [2.75, 3.05) is 19.6 Å². The molecule has 0 saturated carbocycles. The van der Waals surface area contributed by atoms with Crippen LogP contribution in [-0.4, -0.2) is 28.1 Å². The highest BCUT2D eigenvalue weighted by Gasteiger charge is 2.29. The zero-order valence-corrected chi connectivity index (χ0v) is 15.6. The Morgan fingerprint density at radius 3 is 2.75 bits per heavy atom. The van der Waals surface area contributed by atoms with Crippen molar-refractivity contribution in [3.8, 4) is 0 Å². The molecule has 1 atom stereocenters. The summed E-state index contributed by atoms with van der Waals surface area (Å²) in [5.41, 5.74) is 0.963. The normalized spacial score (nSPS) is 23.4. The average molecular weight is 404 g/mol. The molecule has 2 N–H and O–H groups in total. The first-order valence-corrected chi connectivity index (χ1v) is 9.38. The number of nitrogens with one attached hydrogen (secondary N) is 2. The Labute approximate surface area is 139 Å². The zero-order valence-electron chi connectivity index (χ0n) is 11.5. The van der Waals surface area contributed by atoms with Gasteiger partial charge in [-0.25, -0.2) is 13.1 Å². The van der Waals surface area contributed by atoms with Crippen LogP contribution in [0.4, 0.5) is 0 Å². The SMILES string of the molecule is Cc1cc(S(=O)(=O)NCC2(C)CCCNC2)sc1Br.Cl.